The Hall–Kier alpha value is -2.08. The molecule has 0 spiro atoms. The molecule has 0 bridgehead atoms. The van der Waals surface area contributed by atoms with Gasteiger partial charge < -0.3 is 15.2 Å². The molecule has 1 atom stereocenters. The molecule has 108 valence electrons. The number of nitrogens with zero attached hydrogens (tertiary/aromatic N) is 2. The molecular formula is C14H21N5O. The highest BCUT2D eigenvalue weighted by atomic mass is 16.3. The van der Waals surface area contributed by atoms with Gasteiger partial charge >= 0.3 is 0 Å². The maximum atomic E-state index is 5.47. The Labute approximate surface area is 118 Å². The van der Waals surface area contributed by atoms with Gasteiger partial charge in [0, 0.05) is 18.0 Å². The third-order valence-electron chi connectivity index (χ3n) is 3.22. The molecule has 4 N–H and O–H groups in total. The Morgan fingerprint density at radius 3 is 2.80 bits per heavy atom. The van der Waals surface area contributed by atoms with Crippen molar-refractivity contribution in [2.75, 3.05) is 10.7 Å². The predicted molar refractivity (Wildman–Crippen MR) is 79.3 cm³/mol. The number of aryl methyl sites for hydroxylation is 1. The van der Waals surface area contributed by atoms with Crippen LogP contribution in [0.5, 0.6) is 0 Å². The first-order valence-corrected chi connectivity index (χ1v) is 6.84. The van der Waals surface area contributed by atoms with Crippen LogP contribution in [0, 0.1) is 0 Å². The first-order chi connectivity index (χ1) is 9.74. The van der Waals surface area contributed by atoms with Gasteiger partial charge in [-0.05, 0) is 31.9 Å². The predicted octanol–water partition coefficient (Wildman–Crippen LogP) is 2.35. The smallest absolute Gasteiger partial charge is 0.148 e. The van der Waals surface area contributed by atoms with Gasteiger partial charge in [0.2, 0.25) is 0 Å². The van der Waals surface area contributed by atoms with Gasteiger partial charge in [0.25, 0.3) is 0 Å². The zero-order chi connectivity index (χ0) is 14.4. The summed E-state index contributed by atoms with van der Waals surface area (Å²) in [6.07, 6.45) is 5.89. The Morgan fingerprint density at radius 1 is 1.35 bits per heavy atom. The van der Waals surface area contributed by atoms with Crippen LogP contribution in [-0.2, 0) is 12.8 Å². The number of furan rings is 1. The zero-order valence-corrected chi connectivity index (χ0v) is 11.9. The molecule has 0 aliphatic carbocycles. The van der Waals surface area contributed by atoms with Gasteiger partial charge in [0.1, 0.15) is 23.7 Å². The molecule has 0 radical (unpaired) electrons. The maximum Gasteiger partial charge on any atom is 0.148 e. The van der Waals surface area contributed by atoms with Crippen LogP contribution in [0.25, 0.3) is 0 Å². The minimum atomic E-state index is 0.283. The number of anilines is 2. The first-order valence-electron chi connectivity index (χ1n) is 6.84. The largest absolute Gasteiger partial charge is 0.469 e. The lowest BCUT2D eigenvalue weighted by atomic mass is 10.1. The molecule has 2 aromatic rings. The second-order valence-corrected chi connectivity index (χ2v) is 4.71. The molecule has 20 heavy (non-hydrogen) atoms. The Bertz CT molecular complexity index is 526. The van der Waals surface area contributed by atoms with E-state index in [1.165, 1.54) is 6.33 Å². The van der Waals surface area contributed by atoms with E-state index in [1.54, 1.807) is 6.26 Å². The molecule has 2 rings (SSSR count). The SMILES string of the molecule is CCc1c(NN)ncnc1NC(C)CCc1ccco1. The van der Waals surface area contributed by atoms with Crippen molar-refractivity contribution < 1.29 is 4.42 Å². The summed E-state index contributed by atoms with van der Waals surface area (Å²) in [5, 5.41) is 3.41. The summed E-state index contributed by atoms with van der Waals surface area (Å²) in [5.41, 5.74) is 3.61. The minimum absolute atomic E-state index is 0.283. The van der Waals surface area contributed by atoms with Gasteiger partial charge in [-0.3, -0.25) is 0 Å². The van der Waals surface area contributed by atoms with Crippen LogP contribution >= 0.6 is 0 Å². The van der Waals surface area contributed by atoms with Gasteiger partial charge in [0.05, 0.1) is 6.26 Å². The fourth-order valence-electron chi connectivity index (χ4n) is 2.12. The Balaban J connectivity index is 1.98. The topological polar surface area (TPSA) is 89.0 Å². The highest BCUT2D eigenvalue weighted by Gasteiger charge is 2.11. The van der Waals surface area contributed by atoms with Crippen LogP contribution in [-0.4, -0.2) is 16.0 Å². The molecule has 6 nitrogen and oxygen atoms in total. The van der Waals surface area contributed by atoms with Crippen molar-refractivity contribution >= 4 is 11.6 Å². The van der Waals surface area contributed by atoms with E-state index in [-0.39, 0.29) is 6.04 Å². The third-order valence-corrected chi connectivity index (χ3v) is 3.22. The Morgan fingerprint density at radius 2 is 2.15 bits per heavy atom. The van der Waals surface area contributed by atoms with Crippen LogP contribution in [0.2, 0.25) is 0 Å². The van der Waals surface area contributed by atoms with Gasteiger partial charge in [-0.1, -0.05) is 6.92 Å². The average Bonchev–Trinajstić information content (AvgIpc) is 2.98. The summed E-state index contributed by atoms with van der Waals surface area (Å²) in [4.78, 5) is 8.42. The third kappa shape index (κ3) is 3.48. The summed E-state index contributed by atoms with van der Waals surface area (Å²) in [7, 11) is 0. The fraction of sp³-hybridized carbons (Fsp3) is 0.429. The number of hydrazine groups is 1. The van der Waals surface area contributed by atoms with E-state index in [2.05, 4.69) is 34.6 Å². The second-order valence-electron chi connectivity index (χ2n) is 4.71. The summed E-state index contributed by atoms with van der Waals surface area (Å²) in [6.45, 7) is 4.18. The number of nitrogen functional groups attached to an aromatic ring is 1. The molecule has 0 amide bonds. The lowest BCUT2D eigenvalue weighted by molar-refractivity contribution is 0.494. The van der Waals surface area contributed by atoms with Gasteiger partial charge in [-0.25, -0.2) is 15.8 Å². The van der Waals surface area contributed by atoms with Gasteiger partial charge in [0.15, 0.2) is 0 Å². The molecule has 0 saturated heterocycles. The fourth-order valence-corrected chi connectivity index (χ4v) is 2.12. The average molecular weight is 275 g/mol. The number of nitrogens with two attached hydrogens (primary N) is 1. The number of nitrogens with one attached hydrogen (secondary N) is 2. The van der Waals surface area contributed by atoms with E-state index >= 15 is 0 Å². The van der Waals surface area contributed by atoms with E-state index in [0.717, 1.165) is 36.4 Å². The van der Waals surface area contributed by atoms with Crippen LogP contribution < -0.4 is 16.6 Å². The van der Waals surface area contributed by atoms with Crippen LogP contribution in [0.1, 0.15) is 31.6 Å². The molecule has 0 aliphatic heterocycles. The van der Waals surface area contributed by atoms with Crippen molar-refractivity contribution in [2.24, 2.45) is 5.84 Å². The quantitative estimate of drug-likeness (QED) is 0.531. The summed E-state index contributed by atoms with van der Waals surface area (Å²) in [5.74, 6) is 7.97. The highest BCUT2D eigenvalue weighted by molar-refractivity contribution is 5.57. The maximum absolute atomic E-state index is 5.47. The lowest BCUT2D eigenvalue weighted by Crippen LogP contribution is -2.20. The lowest BCUT2D eigenvalue weighted by Gasteiger charge is -2.17. The van der Waals surface area contributed by atoms with Crippen molar-refractivity contribution in [1.82, 2.24) is 9.97 Å². The van der Waals surface area contributed by atoms with E-state index in [4.69, 9.17) is 10.3 Å². The van der Waals surface area contributed by atoms with Crippen molar-refractivity contribution in [1.29, 1.82) is 0 Å². The molecular weight excluding hydrogens is 254 g/mol. The highest BCUT2D eigenvalue weighted by Crippen LogP contribution is 2.21. The molecule has 2 aromatic heterocycles. The normalized spacial score (nSPS) is 12.2. The Kier molecular flexibility index (Phi) is 4.95. The summed E-state index contributed by atoms with van der Waals surface area (Å²) < 4.78 is 5.34. The van der Waals surface area contributed by atoms with E-state index in [1.807, 2.05) is 12.1 Å². The zero-order valence-electron chi connectivity index (χ0n) is 11.9. The first kappa shape index (κ1) is 14.3. The second kappa shape index (κ2) is 6.91. The molecule has 2 heterocycles. The molecule has 0 saturated carbocycles. The van der Waals surface area contributed by atoms with E-state index < -0.39 is 0 Å². The molecule has 6 heteroatoms. The number of hydrogen-bond acceptors (Lipinski definition) is 6. The van der Waals surface area contributed by atoms with Crippen molar-refractivity contribution in [2.45, 2.75) is 39.2 Å². The molecule has 0 fully saturated rings. The summed E-state index contributed by atoms with van der Waals surface area (Å²) >= 11 is 0. The van der Waals surface area contributed by atoms with Gasteiger partial charge in [-0.2, -0.15) is 0 Å². The van der Waals surface area contributed by atoms with Crippen LogP contribution in [0.4, 0.5) is 11.6 Å². The monoisotopic (exact) mass is 275 g/mol. The summed E-state index contributed by atoms with van der Waals surface area (Å²) in [6, 6.07) is 4.18. The van der Waals surface area contributed by atoms with Crippen molar-refractivity contribution in [3.8, 4) is 0 Å². The van der Waals surface area contributed by atoms with E-state index in [0.29, 0.717) is 5.82 Å². The minimum Gasteiger partial charge on any atom is -0.469 e. The van der Waals surface area contributed by atoms with Crippen LogP contribution in [0.3, 0.4) is 0 Å². The molecule has 0 aliphatic rings. The standard InChI is InChI=1S/C14H21N5O/c1-3-12-13(16-9-17-14(12)19-15)18-10(2)6-7-11-5-4-8-20-11/h4-5,8-10H,3,6-7,15H2,1-2H3,(H2,16,17,18,19). The number of hydrogen-bond donors (Lipinski definition) is 3. The molecule has 0 aromatic carbocycles. The van der Waals surface area contributed by atoms with Crippen LogP contribution in [0.15, 0.2) is 29.1 Å². The van der Waals surface area contributed by atoms with Crippen molar-refractivity contribution in [3.05, 3.63) is 36.0 Å². The number of rotatable bonds is 7. The molecule has 1 unspecified atom stereocenters. The van der Waals surface area contributed by atoms with E-state index in [9.17, 15) is 0 Å². The van der Waals surface area contributed by atoms with Gasteiger partial charge in [-0.15, -0.1) is 0 Å². The van der Waals surface area contributed by atoms with Crippen molar-refractivity contribution in [3.63, 3.8) is 0 Å². The number of aromatic nitrogens is 2.